The molecule has 0 aromatic heterocycles. The number of amides is 9. The van der Waals surface area contributed by atoms with Gasteiger partial charge in [-0.15, -0.1) is 0 Å². The fraction of sp³-hybridized carbons (Fsp3) is 0.423. The van der Waals surface area contributed by atoms with Gasteiger partial charge in [0.2, 0.25) is 29.5 Å². The molecule has 0 radical (unpaired) electrons. The number of primary amides is 1. The van der Waals surface area contributed by atoms with Crippen molar-refractivity contribution < 1.29 is 82.3 Å². The maximum absolute atomic E-state index is 14.5. The van der Waals surface area contributed by atoms with Crippen molar-refractivity contribution in [2.75, 3.05) is 39.4 Å². The van der Waals surface area contributed by atoms with Crippen molar-refractivity contribution in [2.24, 2.45) is 29.2 Å². The molecule has 2 unspecified atom stereocenters. The second-order valence-electron chi connectivity index (χ2n) is 35.4. The van der Waals surface area contributed by atoms with Crippen LogP contribution in [0.5, 0.6) is 0 Å². The van der Waals surface area contributed by atoms with Crippen LogP contribution in [-0.4, -0.2) is 243 Å². The molecular formula is C97H102Cl2N10O17. The van der Waals surface area contributed by atoms with Gasteiger partial charge < -0.3 is 65.7 Å². The number of halogens is 2. The molecule has 0 saturated carbocycles. The number of carbonyl (C=O) groups is 12. The highest BCUT2D eigenvalue weighted by Gasteiger charge is 2.61. The monoisotopic (exact) mass is 1750 g/mol. The third-order valence-corrected chi connectivity index (χ3v) is 29.2. The highest BCUT2D eigenvalue weighted by Crippen LogP contribution is 2.50. The van der Waals surface area contributed by atoms with Crippen molar-refractivity contribution >= 4 is 94.6 Å². The summed E-state index contributed by atoms with van der Waals surface area (Å²) in [6.45, 7) is 3.93. The zero-order valence-corrected chi connectivity index (χ0v) is 71.3. The molecule has 8 saturated heterocycles. The summed E-state index contributed by atoms with van der Waals surface area (Å²) in [6.07, 6.45) is 23.3. The van der Waals surface area contributed by atoms with Crippen LogP contribution >= 0.6 is 23.2 Å². The van der Waals surface area contributed by atoms with E-state index >= 15 is 0 Å². The number of benzene rings is 6. The van der Waals surface area contributed by atoms with E-state index in [0.717, 1.165) is 55.6 Å². The summed E-state index contributed by atoms with van der Waals surface area (Å²) in [5.74, 6) is -5.66. The molecule has 126 heavy (non-hydrogen) atoms. The first kappa shape index (κ1) is 86.2. The first-order chi connectivity index (χ1) is 60.8. The van der Waals surface area contributed by atoms with Crippen LogP contribution in [-0.2, 0) is 70.3 Å². The number of fused-ring (bicyclic) bond motifs is 12. The SMILES string of the molecule is CC(Cc1ccccc1Cl)C(=O)N1CCC[C@]12C=C[C@@H]1CC[C@@H](C(=O)N3CC[C@@H]4C=C[C@H]5CC[C@@H](C(N)=O)N5C(=O)[C@H]43)N1C2=O.NC(Cc1ccccc1Cl)C(=O)O.O=C(O)[C@@H]1CC[C@@H]2C=C[C@H]3CCN(C(=O)OCC4c5ccccc5-c5ccccc54)[C@@H]3C(=O)N21.O=C(O)[C@@H]1CC[C@H]2C=C[C@]3(CCCN3C(=O)OCC3c4ccccc4-c4ccccc43)C(=O)N21. The van der Waals surface area contributed by atoms with E-state index in [1.165, 1.54) is 19.6 Å². The molecule has 12 heterocycles. The molecule has 12 aliphatic heterocycles. The van der Waals surface area contributed by atoms with E-state index < -0.39 is 89.4 Å². The molecule has 6 aromatic rings. The maximum Gasteiger partial charge on any atom is 0.410 e. The Balaban J connectivity index is 0.000000126. The van der Waals surface area contributed by atoms with E-state index in [1.54, 1.807) is 43.9 Å². The average Bonchev–Trinajstić information content (AvgIpc) is 1.55. The lowest BCUT2D eigenvalue weighted by atomic mass is 9.87. The molecule has 9 amide bonds. The van der Waals surface area contributed by atoms with Gasteiger partial charge in [0.15, 0.2) is 0 Å². The molecule has 6 aromatic carbocycles. The van der Waals surface area contributed by atoms with Crippen LogP contribution in [0.25, 0.3) is 22.3 Å². The molecule has 2 aliphatic carbocycles. The van der Waals surface area contributed by atoms with Gasteiger partial charge in [0.1, 0.15) is 66.6 Å². The van der Waals surface area contributed by atoms with Crippen LogP contribution in [0.1, 0.15) is 142 Å². The van der Waals surface area contributed by atoms with E-state index in [1.807, 2.05) is 128 Å². The molecule has 7 N–H and O–H groups in total. The number of carbonyl (C=O) groups excluding carboxylic acids is 9. The number of nitrogens with zero attached hydrogens (tertiary/aromatic N) is 8. The largest absolute Gasteiger partial charge is 0.480 e. The van der Waals surface area contributed by atoms with Gasteiger partial charge in [-0.3, -0.25) is 48.2 Å². The summed E-state index contributed by atoms with van der Waals surface area (Å²) in [4.78, 5) is 169. The predicted octanol–water partition coefficient (Wildman–Crippen LogP) is 11.2. The third kappa shape index (κ3) is 15.6. The first-order valence-corrected chi connectivity index (χ1v) is 44.7. The van der Waals surface area contributed by atoms with E-state index in [2.05, 4.69) is 48.5 Å². The number of hydrogen-bond donors (Lipinski definition) is 5. The summed E-state index contributed by atoms with van der Waals surface area (Å²) in [7, 11) is 0. The van der Waals surface area contributed by atoms with Gasteiger partial charge in [0.05, 0.1) is 24.2 Å². The normalized spacial score (nSPS) is 28.2. The van der Waals surface area contributed by atoms with Crippen LogP contribution in [0.2, 0.25) is 10.0 Å². The fourth-order valence-corrected chi connectivity index (χ4v) is 22.8. The summed E-state index contributed by atoms with van der Waals surface area (Å²) in [5, 5.41) is 29.0. The number of aliphatic carboxylic acids is 3. The standard InChI is InChI=1S/C34H40ClN5O5.2C27H26N2O5.C9H10ClNO2/c1-20(19-22-5-2-3-6-25(22)35)30(42)38-17-4-15-34(38)16-13-24-10-12-27(40(24)33(34)45)31(43)37-18-14-21-7-8-23-9-11-26(29(36)41)39(23)32(44)28(21)37;30-24(31)23-11-10-17-12-14-27(25(32)29(17)23)13-5-15-28(27)26(33)34-16-22-20-8-3-1-6-18(20)19-7-2-4-9-21(19)22;30-25-24-16(9-10-17-11-12-23(26(31)32)29(17)25)13-14-28(24)27(33)34-15-22-20-7-3-1-5-18(20)19-6-2-4-8-21(19)22;10-7-4-2-1-3-6(7)5-8(11)9(12)13/h2-3,5-8,13,16,20-21,23-24,26-28H,4,9-12,14-15,17-19H2,1H3,(H2,36,41);1-4,6-9,12,14,17,22-23H,5,10-11,13,15-16H2,(H,30,31);1-10,16-17,22-24H,11-15H2,(H,31,32);1-4,8H,5,11H2,(H,12,13)/t20?,21-,23-,24-,26-,27-,28-,34+;17-,23-,27+;16-,17-,23-,24-;/m000./s1. The lowest BCUT2D eigenvalue weighted by molar-refractivity contribution is -0.157. The summed E-state index contributed by atoms with van der Waals surface area (Å²) in [5.41, 5.74) is 19.5. The van der Waals surface area contributed by atoms with Gasteiger partial charge in [0.25, 0.3) is 11.8 Å². The number of nitrogens with two attached hydrogens (primary N) is 2. The average molecular weight is 1750 g/mol. The van der Waals surface area contributed by atoms with Crippen molar-refractivity contribution in [3.8, 4) is 22.3 Å². The molecule has 20 rings (SSSR count). The summed E-state index contributed by atoms with van der Waals surface area (Å²) < 4.78 is 11.7. The molecule has 656 valence electrons. The lowest BCUT2D eigenvalue weighted by Crippen LogP contribution is -2.64. The van der Waals surface area contributed by atoms with E-state index in [0.29, 0.717) is 133 Å². The first-order valence-electron chi connectivity index (χ1n) is 43.9. The van der Waals surface area contributed by atoms with Crippen molar-refractivity contribution in [3.63, 3.8) is 0 Å². The molecule has 2 spiro atoms. The van der Waals surface area contributed by atoms with Gasteiger partial charge in [-0.05, 0) is 171 Å². The molecule has 27 nitrogen and oxygen atoms in total. The number of carboxylic acid groups (broad SMARTS) is 3. The van der Waals surface area contributed by atoms with Gasteiger partial charge in [-0.2, -0.15) is 0 Å². The van der Waals surface area contributed by atoms with Crippen molar-refractivity contribution in [3.05, 3.63) is 238 Å². The van der Waals surface area contributed by atoms with Crippen molar-refractivity contribution in [1.29, 1.82) is 0 Å². The van der Waals surface area contributed by atoms with Crippen LogP contribution in [0.15, 0.2) is 194 Å². The topological polar surface area (TPSA) is 362 Å². The Kier molecular flexibility index (Phi) is 24.3. The summed E-state index contributed by atoms with van der Waals surface area (Å²) in [6, 6.07) is 40.9. The number of hydrogen-bond acceptors (Lipinski definition) is 15. The number of rotatable bonds is 14. The van der Waals surface area contributed by atoms with E-state index in [-0.39, 0.29) is 109 Å². The highest BCUT2D eigenvalue weighted by atomic mass is 35.5. The Labute approximate surface area is 739 Å². The minimum Gasteiger partial charge on any atom is -0.480 e. The zero-order chi connectivity index (χ0) is 88.3. The number of carboxylic acids is 3. The van der Waals surface area contributed by atoms with E-state index in [4.69, 9.17) is 49.2 Å². The Bertz CT molecular complexity index is 5400. The second-order valence-corrected chi connectivity index (χ2v) is 36.2. The van der Waals surface area contributed by atoms with Crippen LogP contribution < -0.4 is 11.5 Å². The molecule has 14 aliphatic rings. The molecule has 29 heteroatoms. The van der Waals surface area contributed by atoms with Crippen molar-refractivity contribution in [2.45, 2.75) is 199 Å². The maximum atomic E-state index is 14.5. The Hall–Kier alpha value is -11.9. The fourth-order valence-electron chi connectivity index (χ4n) is 22.3. The quantitative estimate of drug-likeness (QED) is 0.0632. The van der Waals surface area contributed by atoms with E-state index in [9.17, 15) is 67.7 Å². The smallest absolute Gasteiger partial charge is 0.410 e. The van der Waals surface area contributed by atoms with Crippen LogP contribution in [0.3, 0.4) is 0 Å². The second kappa shape index (κ2) is 35.5. The highest BCUT2D eigenvalue weighted by molar-refractivity contribution is 6.31. The minimum atomic E-state index is -1.16. The van der Waals surface area contributed by atoms with Crippen LogP contribution in [0.4, 0.5) is 9.59 Å². The minimum absolute atomic E-state index is 0.0566. The van der Waals surface area contributed by atoms with Gasteiger partial charge >= 0.3 is 30.1 Å². The summed E-state index contributed by atoms with van der Waals surface area (Å²) >= 11 is 12.2. The number of ether oxygens (including phenoxy) is 2. The molecule has 0 bridgehead atoms. The Morgan fingerprint density at radius 2 is 0.833 bits per heavy atom. The van der Waals surface area contributed by atoms with Crippen LogP contribution in [0, 0.1) is 17.8 Å². The molecule has 8 fully saturated rings. The Morgan fingerprint density at radius 3 is 1.31 bits per heavy atom. The predicted molar refractivity (Wildman–Crippen MR) is 465 cm³/mol. The van der Waals surface area contributed by atoms with Gasteiger partial charge in [-0.1, -0.05) is 212 Å². The van der Waals surface area contributed by atoms with Crippen molar-refractivity contribution in [1.82, 2.24) is 39.2 Å². The molecular weight excluding hydrogens is 1650 g/mol. The lowest BCUT2D eigenvalue weighted by Gasteiger charge is -2.45. The molecule has 16 atom stereocenters. The van der Waals surface area contributed by atoms with Gasteiger partial charge in [-0.25, -0.2) is 19.2 Å². The third-order valence-electron chi connectivity index (χ3n) is 28.5. The Morgan fingerprint density at radius 1 is 0.444 bits per heavy atom. The zero-order valence-electron chi connectivity index (χ0n) is 69.8. The van der Waals surface area contributed by atoms with Gasteiger partial charge in [0, 0.05) is 65.8 Å². The number of likely N-dealkylation sites (tertiary alicyclic amines) is 4.